The van der Waals surface area contributed by atoms with Crippen LogP contribution in [0.5, 0.6) is 5.75 Å². The number of anilines is 1. The SMILES string of the molecule is CN=C(C)Nc1ccc2c(c1)cc(OC1COC1)c(=O)n2C. The number of aliphatic imine (C=N–C) groups is 1. The third-order valence-electron chi connectivity index (χ3n) is 3.75. The van der Waals surface area contributed by atoms with Crippen molar-refractivity contribution in [3.05, 3.63) is 34.6 Å². The van der Waals surface area contributed by atoms with Crippen LogP contribution in [0.15, 0.2) is 34.1 Å². The Morgan fingerprint density at radius 3 is 2.82 bits per heavy atom. The number of benzene rings is 1. The lowest BCUT2D eigenvalue weighted by Gasteiger charge is -2.26. The lowest BCUT2D eigenvalue weighted by atomic mass is 10.2. The molecule has 0 radical (unpaired) electrons. The summed E-state index contributed by atoms with van der Waals surface area (Å²) in [5.41, 5.74) is 1.65. The summed E-state index contributed by atoms with van der Waals surface area (Å²) in [6.45, 7) is 2.97. The van der Waals surface area contributed by atoms with E-state index in [-0.39, 0.29) is 11.7 Å². The van der Waals surface area contributed by atoms with Crippen molar-refractivity contribution in [1.82, 2.24) is 4.57 Å². The molecule has 0 atom stereocenters. The fourth-order valence-electron chi connectivity index (χ4n) is 2.34. The molecule has 2 heterocycles. The lowest BCUT2D eigenvalue weighted by Crippen LogP contribution is -2.40. The van der Waals surface area contributed by atoms with Gasteiger partial charge in [0.2, 0.25) is 0 Å². The first-order valence-electron chi connectivity index (χ1n) is 7.17. The zero-order valence-corrected chi connectivity index (χ0v) is 12.9. The molecule has 6 heteroatoms. The quantitative estimate of drug-likeness (QED) is 0.693. The predicted molar refractivity (Wildman–Crippen MR) is 87.1 cm³/mol. The van der Waals surface area contributed by atoms with E-state index >= 15 is 0 Å². The van der Waals surface area contributed by atoms with Crippen LogP contribution in [0.1, 0.15) is 6.92 Å². The van der Waals surface area contributed by atoms with Crippen LogP contribution >= 0.6 is 0 Å². The molecule has 22 heavy (non-hydrogen) atoms. The number of aryl methyl sites for hydroxylation is 1. The smallest absolute Gasteiger partial charge is 0.293 e. The molecule has 116 valence electrons. The Kier molecular flexibility index (Phi) is 3.85. The fraction of sp³-hybridized carbons (Fsp3) is 0.375. The number of rotatable bonds is 3. The number of hydrogen-bond acceptors (Lipinski definition) is 4. The second-order valence-electron chi connectivity index (χ2n) is 5.36. The van der Waals surface area contributed by atoms with Gasteiger partial charge in [-0.3, -0.25) is 9.79 Å². The summed E-state index contributed by atoms with van der Waals surface area (Å²) in [6, 6.07) is 7.61. The first-order chi connectivity index (χ1) is 10.6. The molecule has 1 aromatic carbocycles. The minimum Gasteiger partial charge on any atom is -0.480 e. The van der Waals surface area contributed by atoms with Crippen LogP contribution in [0.2, 0.25) is 0 Å². The Morgan fingerprint density at radius 1 is 1.41 bits per heavy atom. The van der Waals surface area contributed by atoms with Gasteiger partial charge in [0.15, 0.2) is 5.75 Å². The lowest BCUT2D eigenvalue weighted by molar-refractivity contribution is -0.0802. The highest BCUT2D eigenvalue weighted by molar-refractivity contribution is 5.95. The van der Waals surface area contributed by atoms with Crippen molar-refractivity contribution in [2.24, 2.45) is 12.0 Å². The number of hydrogen-bond donors (Lipinski definition) is 1. The van der Waals surface area contributed by atoms with Crippen molar-refractivity contribution in [3.63, 3.8) is 0 Å². The van der Waals surface area contributed by atoms with E-state index in [0.29, 0.717) is 19.0 Å². The topological polar surface area (TPSA) is 64.9 Å². The summed E-state index contributed by atoms with van der Waals surface area (Å²) >= 11 is 0. The van der Waals surface area contributed by atoms with Gasteiger partial charge >= 0.3 is 0 Å². The van der Waals surface area contributed by atoms with Crippen LogP contribution in [-0.4, -0.2) is 36.8 Å². The van der Waals surface area contributed by atoms with Gasteiger partial charge in [-0.05, 0) is 31.2 Å². The minimum atomic E-state index is -0.133. The number of fused-ring (bicyclic) bond motifs is 1. The van der Waals surface area contributed by atoms with E-state index < -0.39 is 0 Å². The molecular weight excluding hydrogens is 282 g/mol. The summed E-state index contributed by atoms with van der Waals surface area (Å²) in [7, 11) is 3.49. The van der Waals surface area contributed by atoms with Crippen LogP contribution < -0.4 is 15.6 Å². The molecule has 0 unspecified atom stereocenters. The number of amidine groups is 1. The Hall–Kier alpha value is -2.34. The molecule has 3 rings (SSSR count). The molecule has 1 aliphatic rings. The van der Waals surface area contributed by atoms with Gasteiger partial charge in [-0.15, -0.1) is 0 Å². The molecule has 0 spiro atoms. The molecular formula is C16H19N3O3. The summed E-state index contributed by atoms with van der Waals surface area (Å²) in [5.74, 6) is 1.19. The van der Waals surface area contributed by atoms with Gasteiger partial charge in [0.1, 0.15) is 6.10 Å². The van der Waals surface area contributed by atoms with E-state index in [1.54, 1.807) is 24.7 Å². The molecule has 2 aromatic rings. The highest BCUT2D eigenvalue weighted by atomic mass is 16.6. The van der Waals surface area contributed by atoms with Gasteiger partial charge in [0.05, 0.1) is 24.6 Å². The predicted octanol–water partition coefficient (Wildman–Crippen LogP) is 1.78. The molecule has 6 nitrogen and oxygen atoms in total. The summed E-state index contributed by atoms with van der Waals surface area (Å²) in [6.07, 6.45) is -0.0269. The van der Waals surface area contributed by atoms with Gasteiger partial charge in [0, 0.05) is 25.2 Å². The molecule has 1 saturated heterocycles. The second-order valence-corrected chi connectivity index (χ2v) is 5.36. The largest absolute Gasteiger partial charge is 0.480 e. The zero-order chi connectivity index (χ0) is 15.7. The van der Waals surface area contributed by atoms with Crippen LogP contribution in [-0.2, 0) is 11.8 Å². The van der Waals surface area contributed by atoms with Crippen molar-refractivity contribution in [1.29, 1.82) is 0 Å². The monoisotopic (exact) mass is 301 g/mol. The van der Waals surface area contributed by atoms with Crippen molar-refractivity contribution in [2.75, 3.05) is 25.6 Å². The molecule has 1 aliphatic heterocycles. The van der Waals surface area contributed by atoms with Crippen LogP contribution in [0.3, 0.4) is 0 Å². The normalized spacial score (nSPS) is 15.7. The molecule has 0 amide bonds. The number of nitrogens with one attached hydrogen (secondary N) is 1. The van der Waals surface area contributed by atoms with Crippen molar-refractivity contribution >= 4 is 22.4 Å². The average molecular weight is 301 g/mol. The maximum Gasteiger partial charge on any atom is 0.293 e. The standard InChI is InChI=1S/C16H19N3O3/c1-10(17-2)18-12-4-5-14-11(6-12)7-15(16(20)19(14)3)22-13-8-21-9-13/h4-7,13H,8-9H2,1-3H3,(H,17,18). The average Bonchev–Trinajstić information content (AvgIpc) is 2.47. The fourth-order valence-corrected chi connectivity index (χ4v) is 2.34. The van der Waals surface area contributed by atoms with E-state index in [4.69, 9.17) is 9.47 Å². The molecule has 1 fully saturated rings. The van der Waals surface area contributed by atoms with E-state index in [0.717, 1.165) is 22.4 Å². The van der Waals surface area contributed by atoms with Crippen molar-refractivity contribution < 1.29 is 9.47 Å². The van der Waals surface area contributed by atoms with E-state index in [1.807, 2.05) is 25.1 Å². The van der Waals surface area contributed by atoms with Crippen LogP contribution in [0.25, 0.3) is 10.9 Å². The van der Waals surface area contributed by atoms with Crippen molar-refractivity contribution in [3.8, 4) is 5.75 Å². The van der Waals surface area contributed by atoms with E-state index in [9.17, 15) is 4.79 Å². The molecule has 0 saturated carbocycles. The zero-order valence-electron chi connectivity index (χ0n) is 12.9. The maximum atomic E-state index is 12.3. The molecule has 1 aromatic heterocycles. The van der Waals surface area contributed by atoms with Crippen molar-refractivity contribution in [2.45, 2.75) is 13.0 Å². The maximum absolute atomic E-state index is 12.3. The van der Waals surface area contributed by atoms with E-state index in [2.05, 4.69) is 10.3 Å². The van der Waals surface area contributed by atoms with E-state index in [1.165, 1.54) is 0 Å². The van der Waals surface area contributed by atoms with Crippen LogP contribution in [0, 0.1) is 0 Å². The first-order valence-corrected chi connectivity index (χ1v) is 7.17. The Balaban J connectivity index is 2.02. The molecule has 0 aliphatic carbocycles. The Morgan fingerprint density at radius 2 is 2.18 bits per heavy atom. The van der Waals surface area contributed by atoms with Gasteiger partial charge < -0.3 is 19.4 Å². The minimum absolute atomic E-state index is 0.0269. The van der Waals surface area contributed by atoms with Gasteiger partial charge in [-0.2, -0.15) is 0 Å². The number of pyridine rings is 1. The summed E-state index contributed by atoms with van der Waals surface area (Å²) in [5, 5.41) is 4.14. The Labute approximate surface area is 128 Å². The first kappa shape index (κ1) is 14.6. The molecule has 0 bridgehead atoms. The van der Waals surface area contributed by atoms with Gasteiger partial charge in [-0.25, -0.2) is 0 Å². The highest BCUT2D eigenvalue weighted by Crippen LogP contribution is 2.22. The van der Waals surface area contributed by atoms with Gasteiger partial charge in [-0.1, -0.05) is 0 Å². The number of nitrogens with zero attached hydrogens (tertiary/aromatic N) is 2. The van der Waals surface area contributed by atoms with Gasteiger partial charge in [0.25, 0.3) is 5.56 Å². The Bertz CT molecular complexity index is 791. The summed E-state index contributed by atoms with van der Waals surface area (Å²) < 4.78 is 12.4. The summed E-state index contributed by atoms with van der Waals surface area (Å²) in [4.78, 5) is 16.4. The number of aromatic nitrogens is 1. The second kappa shape index (κ2) is 5.81. The number of ether oxygens (including phenoxy) is 2. The molecule has 1 N–H and O–H groups in total. The highest BCUT2D eigenvalue weighted by Gasteiger charge is 2.22. The van der Waals surface area contributed by atoms with Crippen LogP contribution in [0.4, 0.5) is 5.69 Å². The third-order valence-corrected chi connectivity index (χ3v) is 3.75. The third kappa shape index (κ3) is 2.69.